The number of nitrogens with zero attached hydrogens (tertiary/aromatic N) is 1. The summed E-state index contributed by atoms with van der Waals surface area (Å²) in [5.74, 6) is -2.83. The van der Waals surface area contributed by atoms with Crippen molar-refractivity contribution in [2.45, 2.75) is 25.3 Å². The first-order chi connectivity index (χ1) is 15.8. The van der Waals surface area contributed by atoms with E-state index in [1.807, 2.05) is 48.5 Å². The zero-order valence-corrected chi connectivity index (χ0v) is 18.4. The Morgan fingerprint density at radius 1 is 1.00 bits per heavy atom. The topological polar surface area (TPSA) is 122 Å². The lowest BCUT2D eigenvalue weighted by molar-refractivity contribution is -0.149. The highest BCUT2D eigenvalue weighted by molar-refractivity contribution is 5.91. The normalized spacial score (nSPS) is 12.8. The third kappa shape index (κ3) is 5.68. The molecule has 2 N–H and O–H groups in total. The van der Waals surface area contributed by atoms with E-state index in [0.717, 1.165) is 27.2 Å². The minimum atomic E-state index is -1.39. The van der Waals surface area contributed by atoms with Crippen molar-refractivity contribution in [2.75, 3.05) is 26.8 Å². The van der Waals surface area contributed by atoms with Gasteiger partial charge < -0.3 is 24.8 Å². The summed E-state index contributed by atoms with van der Waals surface area (Å²) in [5, 5.41) is 11.5. The highest BCUT2D eigenvalue weighted by Gasteiger charge is 2.31. The van der Waals surface area contributed by atoms with Gasteiger partial charge in [-0.3, -0.25) is 14.4 Å². The molecule has 2 amide bonds. The summed E-state index contributed by atoms with van der Waals surface area (Å²) in [7, 11) is 1.33. The van der Waals surface area contributed by atoms with E-state index in [4.69, 9.17) is 14.6 Å². The molecule has 2 aromatic rings. The van der Waals surface area contributed by atoms with E-state index < -0.39 is 36.4 Å². The van der Waals surface area contributed by atoms with Gasteiger partial charge >= 0.3 is 18.0 Å². The van der Waals surface area contributed by atoms with E-state index in [9.17, 15) is 19.2 Å². The van der Waals surface area contributed by atoms with Crippen LogP contribution in [0.1, 0.15) is 30.4 Å². The molecule has 0 saturated carbocycles. The number of aliphatic carboxylic acids is 1. The van der Waals surface area contributed by atoms with Crippen LogP contribution in [0, 0.1) is 0 Å². The molecule has 0 radical (unpaired) electrons. The average molecular weight is 454 g/mol. The summed E-state index contributed by atoms with van der Waals surface area (Å²) < 4.78 is 10.2. The number of ether oxygens (including phenoxy) is 2. The Morgan fingerprint density at radius 3 is 2.12 bits per heavy atom. The van der Waals surface area contributed by atoms with Gasteiger partial charge in [-0.05, 0) is 29.2 Å². The van der Waals surface area contributed by atoms with E-state index in [1.54, 1.807) is 6.92 Å². The number of benzene rings is 2. The molecular weight excluding hydrogens is 428 g/mol. The molecule has 0 heterocycles. The van der Waals surface area contributed by atoms with Crippen molar-refractivity contribution < 1.29 is 33.8 Å². The van der Waals surface area contributed by atoms with Gasteiger partial charge in [0.15, 0.2) is 0 Å². The summed E-state index contributed by atoms with van der Waals surface area (Å²) in [6.07, 6.45) is -1.57. The average Bonchev–Trinajstić information content (AvgIpc) is 3.10. The smallest absolute Gasteiger partial charge is 0.407 e. The fourth-order valence-corrected chi connectivity index (χ4v) is 3.90. The summed E-state index contributed by atoms with van der Waals surface area (Å²) in [5.41, 5.74) is 4.20. The number of carbonyl (C=O) groups is 4. The number of carboxylic acid groups (broad SMARTS) is 1. The molecule has 1 aliphatic carbocycles. The maximum atomic E-state index is 12.6. The number of alkyl carbamates (subject to hydrolysis) is 1. The lowest BCUT2D eigenvalue weighted by atomic mass is 9.98. The maximum Gasteiger partial charge on any atom is 0.407 e. The Kier molecular flexibility index (Phi) is 7.66. The number of carboxylic acids is 1. The van der Waals surface area contributed by atoms with Crippen LogP contribution in [0.4, 0.5) is 4.79 Å². The first-order valence-corrected chi connectivity index (χ1v) is 10.6. The lowest BCUT2D eigenvalue weighted by Gasteiger charge is -2.23. The molecule has 33 heavy (non-hydrogen) atoms. The number of hydrogen-bond donors (Lipinski definition) is 2. The lowest BCUT2D eigenvalue weighted by Crippen LogP contribution is -2.49. The van der Waals surface area contributed by atoms with Gasteiger partial charge in [-0.1, -0.05) is 48.5 Å². The van der Waals surface area contributed by atoms with E-state index in [1.165, 1.54) is 7.05 Å². The van der Waals surface area contributed by atoms with Crippen molar-refractivity contribution in [3.63, 3.8) is 0 Å². The van der Waals surface area contributed by atoms with Crippen molar-refractivity contribution in [1.82, 2.24) is 10.2 Å². The van der Waals surface area contributed by atoms with Crippen LogP contribution in [0.5, 0.6) is 0 Å². The fraction of sp³-hybridized carbons (Fsp3) is 0.333. The van der Waals surface area contributed by atoms with Crippen LogP contribution >= 0.6 is 0 Å². The molecule has 9 nitrogen and oxygen atoms in total. The Bertz CT molecular complexity index is 1010. The maximum absolute atomic E-state index is 12.6. The van der Waals surface area contributed by atoms with Crippen molar-refractivity contribution >= 4 is 23.9 Å². The first kappa shape index (κ1) is 23.8. The Morgan fingerprint density at radius 2 is 1.58 bits per heavy atom. The molecule has 0 fully saturated rings. The van der Waals surface area contributed by atoms with Gasteiger partial charge in [0.2, 0.25) is 5.91 Å². The van der Waals surface area contributed by atoms with Crippen molar-refractivity contribution in [1.29, 1.82) is 0 Å². The van der Waals surface area contributed by atoms with Gasteiger partial charge in [0.1, 0.15) is 19.2 Å². The Hall–Kier alpha value is -3.88. The van der Waals surface area contributed by atoms with Gasteiger partial charge in [-0.15, -0.1) is 0 Å². The highest BCUT2D eigenvalue weighted by atomic mass is 16.5. The second-order valence-electron chi connectivity index (χ2n) is 7.62. The number of amides is 2. The number of nitrogens with one attached hydrogen (secondary N) is 1. The molecule has 0 bridgehead atoms. The molecule has 1 unspecified atom stereocenters. The highest BCUT2D eigenvalue weighted by Crippen LogP contribution is 2.44. The van der Waals surface area contributed by atoms with E-state index in [0.29, 0.717) is 0 Å². The van der Waals surface area contributed by atoms with E-state index in [2.05, 4.69) is 5.32 Å². The molecule has 0 aliphatic heterocycles. The van der Waals surface area contributed by atoms with Gasteiger partial charge in [-0.2, -0.15) is 0 Å². The molecule has 2 aromatic carbocycles. The van der Waals surface area contributed by atoms with Crippen LogP contribution in [-0.2, 0) is 23.9 Å². The van der Waals surface area contributed by atoms with E-state index >= 15 is 0 Å². The van der Waals surface area contributed by atoms with Gasteiger partial charge in [0.05, 0.1) is 13.0 Å². The Balaban J connectivity index is 1.66. The first-order valence-electron chi connectivity index (χ1n) is 10.6. The van der Waals surface area contributed by atoms with Gasteiger partial charge in [0.25, 0.3) is 0 Å². The minimum absolute atomic E-state index is 0.0203. The summed E-state index contributed by atoms with van der Waals surface area (Å²) in [4.78, 5) is 49.0. The quantitative estimate of drug-likeness (QED) is 0.558. The standard InChI is InChI=1S/C24H26N2O7/c1-3-32-22(29)13-26(2)23(30)20(12-21(27)28)25-24(31)33-14-19-17-10-6-4-8-15(17)16-9-5-7-11-18(16)19/h4-11,19-20H,3,12-14H2,1-2H3,(H,25,31)(H,27,28). The van der Waals surface area contributed by atoms with Crippen LogP contribution in [0.25, 0.3) is 11.1 Å². The molecule has 1 atom stereocenters. The number of rotatable bonds is 9. The summed E-state index contributed by atoms with van der Waals surface area (Å²) >= 11 is 0. The zero-order chi connectivity index (χ0) is 24.0. The summed E-state index contributed by atoms with van der Waals surface area (Å²) in [6.45, 7) is 1.44. The monoisotopic (exact) mass is 454 g/mol. The van der Waals surface area contributed by atoms with Crippen molar-refractivity contribution in [3.8, 4) is 11.1 Å². The minimum Gasteiger partial charge on any atom is -0.481 e. The number of fused-ring (bicyclic) bond motifs is 3. The second kappa shape index (κ2) is 10.6. The molecule has 1 aliphatic rings. The molecule has 174 valence electrons. The van der Waals surface area contributed by atoms with Crippen molar-refractivity contribution in [3.05, 3.63) is 59.7 Å². The summed E-state index contributed by atoms with van der Waals surface area (Å²) in [6, 6.07) is 14.3. The predicted octanol–water partition coefficient (Wildman–Crippen LogP) is 2.39. The van der Waals surface area contributed by atoms with Crippen LogP contribution < -0.4 is 5.32 Å². The molecule has 0 saturated heterocycles. The number of likely N-dealkylation sites (N-methyl/N-ethyl adjacent to an activating group) is 1. The van der Waals surface area contributed by atoms with Gasteiger partial charge in [-0.25, -0.2) is 4.79 Å². The Labute approximate surface area is 191 Å². The van der Waals surface area contributed by atoms with E-state index in [-0.39, 0.29) is 25.7 Å². The van der Waals surface area contributed by atoms with Crippen molar-refractivity contribution in [2.24, 2.45) is 0 Å². The molecule has 0 spiro atoms. The SMILES string of the molecule is CCOC(=O)CN(C)C(=O)C(CC(=O)O)NC(=O)OCC1c2ccccc2-c2ccccc21. The predicted molar refractivity (Wildman–Crippen MR) is 119 cm³/mol. The molecule has 3 rings (SSSR count). The molecule has 9 heteroatoms. The largest absolute Gasteiger partial charge is 0.481 e. The fourth-order valence-electron chi connectivity index (χ4n) is 3.90. The number of hydrogen-bond acceptors (Lipinski definition) is 6. The van der Waals surface area contributed by atoms with Crippen LogP contribution in [0.2, 0.25) is 0 Å². The van der Waals surface area contributed by atoms with Crippen LogP contribution in [0.15, 0.2) is 48.5 Å². The van der Waals surface area contributed by atoms with Gasteiger partial charge in [0, 0.05) is 13.0 Å². The van der Waals surface area contributed by atoms with Crippen LogP contribution in [-0.4, -0.2) is 66.8 Å². The third-order valence-electron chi connectivity index (χ3n) is 5.36. The molecule has 0 aromatic heterocycles. The zero-order valence-electron chi connectivity index (χ0n) is 18.4. The molecular formula is C24H26N2O7. The number of esters is 1. The second-order valence-corrected chi connectivity index (χ2v) is 7.62. The number of carbonyl (C=O) groups excluding carboxylic acids is 3. The van der Waals surface area contributed by atoms with Crippen LogP contribution in [0.3, 0.4) is 0 Å². The third-order valence-corrected chi connectivity index (χ3v) is 5.36.